The Morgan fingerprint density at radius 3 is 3.00 bits per heavy atom. The highest BCUT2D eigenvalue weighted by molar-refractivity contribution is 6.35. The molecule has 0 saturated carbocycles. The lowest BCUT2D eigenvalue weighted by Gasteiger charge is -2.10. The maximum absolute atomic E-state index is 12.2. The Morgan fingerprint density at radius 1 is 1.41 bits per heavy atom. The molecule has 1 amide bonds. The molecular weight excluding hydrogens is 323 g/mol. The number of aromatic amines is 1. The summed E-state index contributed by atoms with van der Waals surface area (Å²) in [7, 11) is 0. The van der Waals surface area contributed by atoms with E-state index in [1.165, 1.54) is 0 Å². The zero-order valence-corrected chi connectivity index (χ0v) is 13.3. The summed E-state index contributed by atoms with van der Waals surface area (Å²) in [5.41, 5.74) is 2.46. The lowest BCUT2D eigenvalue weighted by atomic mass is 10.0. The summed E-state index contributed by atoms with van der Waals surface area (Å²) in [6.45, 7) is 1.88. The van der Waals surface area contributed by atoms with Crippen molar-refractivity contribution in [2.75, 3.05) is 18.4 Å². The number of benzene rings is 1. The quantitative estimate of drug-likeness (QED) is 0.802. The average Bonchev–Trinajstić information content (AvgIpc) is 3.12. The maximum atomic E-state index is 12.2. The SMILES string of the molecule is O=C(Cc1ccc(Cl)cc1Cl)Nc1cn[nH]c1C1CCNC1. The van der Waals surface area contributed by atoms with Gasteiger partial charge in [0.05, 0.1) is 24.0 Å². The number of hydrogen-bond acceptors (Lipinski definition) is 3. The van der Waals surface area contributed by atoms with Gasteiger partial charge in [0.15, 0.2) is 0 Å². The summed E-state index contributed by atoms with van der Waals surface area (Å²) in [6, 6.07) is 5.13. The van der Waals surface area contributed by atoms with Crippen LogP contribution in [-0.2, 0) is 11.2 Å². The number of anilines is 1. The molecule has 7 heteroatoms. The van der Waals surface area contributed by atoms with Crippen LogP contribution >= 0.6 is 23.2 Å². The smallest absolute Gasteiger partial charge is 0.228 e. The summed E-state index contributed by atoms with van der Waals surface area (Å²) in [5.74, 6) is 0.231. The topological polar surface area (TPSA) is 69.8 Å². The second-order valence-electron chi connectivity index (χ2n) is 5.35. The van der Waals surface area contributed by atoms with Crippen LogP contribution in [0.2, 0.25) is 10.0 Å². The van der Waals surface area contributed by atoms with E-state index in [1.54, 1.807) is 24.4 Å². The van der Waals surface area contributed by atoms with Gasteiger partial charge < -0.3 is 10.6 Å². The summed E-state index contributed by atoms with van der Waals surface area (Å²) in [6.07, 6.45) is 2.88. The van der Waals surface area contributed by atoms with Gasteiger partial charge in [-0.1, -0.05) is 29.3 Å². The van der Waals surface area contributed by atoms with E-state index in [4.69, 9.17) is 23.2 Å². The molecule has 5 nitrogen and oxygen atoms in total. The van der Waals surface area contributed by atoms with Crippen molar-refractivity contribution in [3.63, 3.8) is 0 Å². The molecular formula is C15H16Cl2N4O. The first-order valence-corrected chi connectivity index (χ1v) is 7.87. The van der Waals surface area contributed by atoms with Gasteiger partial charge in [0.2, 0.25) is 5.91 Å². The zero-order chi connectivity index (χ0) is 15.5. The fraction of sp³-hybridized carbons (Fsp3) is 0.333. The van der Waals surface area contributed by atoms with Gasteiger partial charge in [0.25, 0.3) is 0 Å². The molecule has 1 fully saturated rings. The van der Waals surface area contributed by atoms with Crippen molar-refractivity contribution in [2.45, 2.75) is 18.8 Å². The zero-order valence-electron chi connectivity index (χ0n) is 11.8. The Hall–Kier alpha value is -1.56. The van der Waals surface area contributed by atoms with Crippen LogP contribution in [0.4, 0.5) is 5.69 Å². The molecule has 0 spiro atoms. The number of nitrogens with one attached hydrogen (secondary N) is 3. The minimum Gasteiger partial charge on any atom is -0.323 e. The second kappa shape index (κ2) is 6.69. The minimum absolute atomic E-state index is 0.127. The number of hydrogen-bond donors (Lipinski definition) is 3. The van der Waals surface area contributed by atoms with Gasteiger partial charge in [-0.15, -0.1) is 0 Å². The standard InChI is InChI=1S/C15H16Cl2N4O/c16-11-2-1-9(12(17)6-11)5-14(22)20-13-8-19-21-15(13)10-3-4-18-7-10/h1-2,6,8,10,18H,3-5,7H2,(H,19,21)(H,20,22). The number of halogens is 2. The Kier molecular flexibility index (Phi) is 4.66. The number of nitrogens with zero attached hydrogens (tertiary/aromatic N) is 1. The van der Waals surface area contributed by atoms with E-state index in [2.05, 4.69) is 20.8 Å². The van der Waals surface area contributed by atoms with E-state index in [0.717, 1.165) is 36.5 Å². The third-order valence-corrected chi connectivity index (χ3v) is 4.36. The van der Waals surface area contributed by atoms with Gasteiger partial charge >= 0.3 is 0 Å². The predicted octanol–water partition coefficient (Wildman–Crippen LogP) is 2.97. The second-order valence-corrected chi connectivity index (χ2v) is 6.19. The molecule has 116 valence electrons. The first kappa shape index (κ1) is 15.3. The molecule has 22 heavy (non-hydrogen) atoms. The normalized spacial score (nSPS) is 17.6. The van der Waals surface area contributed by atoms with Crippen molar-refractivity contribution in [3.05, 3.63) is 45.7 Å². The Bertz CT molecular complexity index is 680. The molecule has 1 aromatic heterocycles. The molecule has 1 atom stereocenters. The molecule has 1 aromatic carbocycles. The van der Waals surface area contributed by atoms with Crippen molar-refractivity contribution < 1.29 is 4.79 Å². The third kappa shape index (κ3) is 3.43. The van der Waals surface area contributed by atoms with Gasteiger partial charge in [-0.25, -0.2) is 0 Å². The first-order chi connectivity index (χ1) is 10.6. The lowest BCUT2D eigenvalue weighted by molar-refractivity contribution is -0.115. The molecule has 0 bridgehead atoms. The lowest BCUT2D eigenvalue weighted by Crippen LogP contribution is -2.16. The van der Waals surface area contributed by atoms with Gasteiger partial charge in [0, 0.05) is 22.5 Å². The maximum Gasteiger partial charge on any atom is 0.228 e. The van der Waals surface area contributed by atoms with E-state index in [9.17, 15) is 4.79 Å². The average molecular weight is 339 g/mol. The number of rotatable bonds is 4. The molecule has 3 N–H and O–H groups in total. The Balaban J connectivity index is 1.68. The largest absolute Gasteiger partial charge is 0.323 e. The molecule has 0 radical (unpaired) electrons. The third-order valence-electron chi connectivity index (χ3n) is 3.78. The predicted molar refractivity (Wildman–Crippen MR) is 87.6 cm³/mol. The van der Waals surface area contributed by atoms with Crippen LogP contribution in [0.5, 0.6) is 0 Å². The summed E-state index contributed by atoms with van der Waals surface area (Å²) >= 11 is 12.0. The molecule has 1 saturated heterocycles. The van der Waals surface area contributed by atoms with E-state index in [-0.39, 0.29) is 12.3 Å². The van der Waals surface area contributed by atoms with Crippen LogP contribution in [0.1, 0.15) is 23.6 Å². The fourth-order valence-corrected chi connectivity index (χ4v) is 3.12. The van der Waals surface area contributed by atoms with E-state index in [1.807, 2.05) is 0 Å². The van der Waals surface area contributed by atoms with Crippen LogP contribution in [0, 0.1) is 0 Å². The van der Waals surface area contributed by atoms with E-state index < -0.39 is 0 Å². The molecule has 0 aliphatic carbocycles. The first-order valence-electron chi connectivity index (χ1n) is 7.11. The van der Waals surface area contributed by atoms with Crippen LogP contribution in [0.15, 0.2) is 24.4 Å². The van der Waals surface area contributed by atoms with Crippen molar-refractivity contribution in [3.8, 4) is 0 Å². The van der Waals surface area contributed by atoms with E-state index in [0.29, 0.717) is 16.0 Å². The fourth-order valence-electron chi connectivity index (χ4n) is 2.64. The van der Waals surface area contributed by atoms with Gasteiger partial charge in [-0.3, -0.25) is 9.89 Å². The van der Waals surface area contributed by atoms with Crippen molar-refractivity contribution in [2.24, 2.45) is 0 Å². The highest BCUT2D eigenvalue weighted by Gasteiger charge is 2.22. The summed E-state index contributed by atoms with van der Waals surface area (Å²) < 4.78 is 0. The molecule has 3 rings (SSSR count). The Morgan fingerprint density at radius 2 is 2.27 bits per heavy atom. The monoisotopic (exact) mass is 338 g/mol. The van der Waals surface area contributed by atoms with Gasteiger partial charge in [-0.05, 0) is 30.7 Å². The number of amides is 1. The number of H-pyrrole nitrogens is 1. The van der Waals surface area contributed by atoms with Crippen LogP contribution in [0.3, 0.4) is 0 Å². The Labute approximate surface area is 138 Å². The van der Waals surface area contributed by atoms with Crippen molar-refractivity contribution in [1.29, 1.82) is 0 Å². The van der Waals surface area contributed by atoms with Crippen LogP contribution < -0.4 is 10.6 Å². The van der Waals surface area contributed by atoms with E-state index >= 15 is 0 Å². The van der Waals surface area contributed by atoms with Gasteiger partial charge in [0.1, 0.15) is 0 Å². The number of carbonyl (C=O) groups is 1. The molecule has 1 aliphatic heterocycles. The van der Waals surface area contributed by atoms with Crippen LogP contribution in [-0.4, -0.2) is 29.2 Å². The molecule has 1 unspecified atom stereocenters. The summed E-state index contributed by atoms with van der Waals surface area (Å²) in [4.78, 5) is 12.2. The number of carbonyl (C=O) groups excluding carboxylic acids is 1. The minimum atomic E-state index is -0.127. The van der Waals surface area contributed by atoms with Crippen molar-refractivity contribution in [1.82, 2.24) is 15.5 Å². The highest BCUT2D eigenvalue weighted by Crippen LogP contribution is 2.27. The molecule has 2 aromatic rings. The summed E-state index contributed by atoms with van der Waals surface area (Å²) in [5, 5.41) is 14.3. The highest BCUT2D eigenvalue weighted by atomic mass is 35.5. The molecule has 2 heterocycles. The van der Waals surface area contributed by atoms with Crippen molar-refractivity contribution >= 4 is 34.8 Å². The molecule has 1 aliphatic rings. The van der Waals surface area contributed by atoms with Gasteiger partial charge in [-0.2, -0.15) is 5.10 Å². The number of aromatic nitrogens is 2. The van der Waals surface area contributed by atoms with Crippen LogP contribution in [0.25, 0.3) is 0 Å².